The number of aromatic amines is 1. The van der Waals surface area contributed by atoms with Gasteiger partial charge in [-0.05, 0) is 75.1 Å². The second kappa shape index (κ2) is 22.3. The van der Waals surface area contributed by atoms with Gasteiger partial charge in [0.2, 0.25) is 40.0 Å². The Morgan fingerprint density at radius 3 is 2.34 bits per heavy atom. The molecule has 4 heterocycles. The Bertz CT molecular complexity index is 2450. The van der Waals surface area contributed by atoms with Crippen molar-refractivity contribution in [2.45, 2.75) is 92.3 Å². The number of hydrogen-bond donors (Lipinski definition) is 6. The number of nitrogens with two attached hydrogens (primary N) is 1. The summed E-state index contributed by atoms with van der Waals surface area (Å²) in [5.74, 6) is 0.642. The number of carbonyl (C=O) groups excluding carboxylic acids is 4. The number of thiazole rings is 1. The first-order chi connectivity index (χ1) is 30.5. The number of rotatable bonds is 18. The van der Waals surface area contributed by atoms with Crippen molar-refractivity contribution in [2.24, 2.45) is 11.1 Å². The maximum atomic E-state index is 14.0. The topological polar surface area (TPSA) is 256 Å². The van der Waals surface area contributed by atoms with Crippen LogP contribution in [0.15, 0.2) is 66.4 Å². The van der Waals surface area contributed by atoms with Crippen LogP contribution in [0.5, 0.6) is 5.88 Å². The summed E-state index contributed by atoms with van der Waals surface area (Å²) in [4.78, 5) is 64.9. The number of nitrogens with one attached hydrogen (secondary N) is 5. The first kappa shape index (κ1) is 48.6. The monoisotopic (exact) mass is 915 g/mol. The molecule has 1 aliphatic heterocycles. The molecule has 0 radical (unpaired) electrons. The lowest BCUT2D eigenvalue weighted by atomic mass is 9.85. The van der Waals surface area contributed by atoms with Crippen LogP contribution < -0.4 is 31.1 Å². The number of H-pyrrole nitrogens is 1. The number of carbonyl (C=O) groups is 4. The second-order valence-electron chi connectivity index (χ2n) is 16.2. The molecule has 7 N–H and O–H groups in total. The van der Waals surface area contributed by atoms with Crippen LogP contribution in [-0.4, -0.2) is 93.6 Å². The predicted molar refractivity (Wildman–Crippen MR) is 247 cm³/mol. The van der Waals surface area contributed by atoms with Crippen molar-refractivity contribution >= 4 is 62.8 Å². The molecule has 6 rings (SSSR count). The second-order valence-corrected chi connectivity index (χ2v) is 19.1. The van der Waals surface area contributed by atoms with Crippen LogP contribution in [0.3, 0.4) is 0 Å². The molecular formula is C44H57N11O7S2. The Morgan fingerprint density at radius 1 is 1.02 bits per heavy atom. The Hall–Kier alpha value is -6.41. The van der Waals surface area contributed by atoms with E-state index in [0.717, 1.165) is 38.5 Å². The highest BCUT2D eigenvalue weighted by Crippen LogP contribution is 2.30. The third-order valence-corrected chi connectivity index (χ3v) is 12.7. The molecule has 0 saturated carbocycles. The summed E-state index contributed by atoms with van der Waals surface area (Å²) in [6.45, 7) is 12.3. The predicted octanol–water partition coefficient (Wildman–Crippen LogP) is 5.60. The molecule has 1 aliphatic rings. The Morgan fingerprint density at radius 2 is 1.72 bits per heavy atom. The highest BCUT2D eigenvalue weighted by Gasteiger charge is 2.41. The minimum Gasteiger partial charge on any atom is -0.477 e. The molecule has 0 aliphatic carbocycles. The zero-order chi connectivity index (χ0) is 46.4. The van der Waals surface area contributed by atoms with Crippen molar-refractivity contribution in [1.29, 1.82) is 0 Å². The largest absolute Gasteiger partial charge is 0.477 e. The lowest BCUT2D eigenvalue weighted by molar-refractivity contribution is -0.144. The summed E-state index contributed by atoms with van der Waals surface area (Å²) >= 11 is 1.59. The standard InChI is InChI=1S/C43H54N10O6S2.CH3NO/c1-7-61(57,58)52-32-19-17-30(18-20-32)37-27(2)40(51-50-37)48-34-24-45-36(25-44-34)59-22-9-8-12-35(54)49-39(43(4,5)6)42(56)53-21-10-11-33(53)41(55)46-23-29-13-15-31(16-14-29)38-28(3)47-26-60-38;2-1-3/h13-20,24-26,33,39,52H,7-12,21-23H2,1-6H3,(H,46,55)(H,49,54)(H2,44,48,50,51);1H,(H2,2,3). The van der Waals surface area contributed by atoms with Crippen LogP contribution in [0.4, 0.5) is 17.3 Å². The van der Waals surface area contributed by atoms with Crippen molar-refractivity contribution < 1.29 is 32.3 Å². The van der Waals surface area contributed by atoms with Crippen LogP contribution in [0, 0.1) is 19.3 Å². The number of ether oxygens (including phenoxy) is 1. The van der Waals surface area contributed by atoms with Crippen LogP contribution >= 0.6 is 11.3 Å². The maximum absolute atomic E-state index is 14.0. The van der Waals surface area contributed by atoms with E-state index in [-0.39, 0.29) is 36.3 Å². The summed E-state index contributed by atoms with van der Waals surface area (Å²) < 4.78 is 32.1. The zero-order valence-electron chi connectivity index (χ0n) is 36.9. The normalized spacial score (nSPS) is 14.2. The molecule has 1 fully saturated rings. The van der Waals surface area contributed by atoms with Gasteiger partial charge in [0.15, 0.2) is 5.82 Å². The number of aryl methyl sites for hydroxylation is 1. The summed E-state index contributed by atoms with van der Waals surface area (Å²) in [6.07, 6.45) is 5.86. The Kier molecular flexibility index (Phi) is 16.9. The number of likely N-dealkylation sites (tertiary alicyclic amines) is 1. The van der Waals surface area contributed by atoms with Crippen LogP contribution in [0.1, 0.15) is 76.6 Å². The lowest BCUT2D eigenvalue weighted by Gasteiger charge is -2.35. The van der Waals surface area contributed by atoms with Crippen molar-refractivity contribution in [3.05, 3.63) is 83.3 Å². The summed E-state index contributed by atoms with van der Waals surface area (Å²) in [5, 5.41) is 16.5. The van der Waals surface area contributed by atoms with E-state index in [1.54, 1.807) is 35.3 Å². The van der Waals surface area contributed by atoms with E-state index in [2.05, 4.69) is 51.6 Å². The molecule has 0 spiro atoms. The number of sulfonamides is 1. The SMILES string of the molecule is CCS(=O)(=O)Nc1ccc(-c2[nH]nc(Nc3cnc(OCCCCC(=O)NC(C(=O)N4CCCC4C(=O)NCc4ccc(-c5scnc5C)cc4)C(C)(C)C)cn3)c2C)cc1.NC=O. The van der Waals surface area contributed by atoms with Crippen LogP contribution in [-0.2, 0) is 35.7 Å². The fourth-order valence-corrected chi connectivity index (χ4v) is 8.36. The molecule has 1 saturated heterocycles. The summed E-state index contributed by atoms with van der Waals surface area (Å²) in [5.41, 5.74) is 11.4. The van der Waals surface area contributed by atoms with E-state index in [1.807, 2.05) is 76.5 Å². The van der Waals surface area contributed by atoms with Gasteiger partial charge in [0.1, 0.15) is 17.9 Å². The average Bonchev–Trinajstić information content (AvgIpc) is 4.03. The van der Waals surface area contributed by atoms with Gasteiger partial charge in [-0.15, -0.1) is 11.3 Å². The van der Waals surface area contributed by atoms with Crippen molar-refractivity contribution in [3.8, 4) is 27.6 Å². The third kappa shape index (κ3) is 13.3. The summed E-state index contributed by atoms with van der Waals surface area (Å²) in [7, 11) is -3.37. The van der Waals surface area contributed by atoms with E-state index >= 15 is 0 Å². The molecule has 4 amide bonds. The van der Waals surface area contributed by atoms with E-state index in [4.69, 9.17) is 9.53 Å². The van der Waals surface area contributed by atoms with Crippen LogP contribution in [0.2, 0.25) is 0 Å². The van der Waals surface area contributed by atoms with Gasteiger partial charge < -0.3 is 31.3 Å². The number of nitrogens with zero attached hydrogens (tertiary/aromatic N) is 5. The van der Waals surface area contributed by atoms with Crippen molar-refractivity contribution in [3.63, 3.8) is 0 Å². The van der Waals surface area contributed by atoms with Crippen LogP contribution in [0.25, 0.3) is 21.7 Å². The van der Waals surface area contributed by atoms with Crippen molar-refractivity contribution in [1.82, 2.24) is 40.7 Å². The van der Waals surface area contributed by atoms with Crippen molar-refractivity contribution in [2.75, 3.05) is 28.9 Å². The Labute approximate surface area is 377 Å². The fraction of sp³-hybridized carbons (Fsp3) is 0.409. The molecule has 20 heteroatoms. The quantitative estimate of drug-likeness (QED) is 0.0464. The molecule has 3 aromatic heterocycles. The van der Waals surface area contributed by atoms with Gasteiger partial charge in [-0.2, -0.15) is 5.10 Å². The minimum atomic E-state index is -3.37. The third-order valence-electron chi connectivity index (χ3n) is 10.4. The number of anilines is 3. The fourth-order valence-electron chi connectivity index (χ4n) is 6.91. The molecule has 2 unspecified atom stereocenters. The summed E-state index contributed by atoms with van der Waals surface area (Å²) in [6, 6.07) is 13.6. The first-order valence-corrected chi connectivity index (χ1v) is 23.5. The Balaban J connectivity index is 0.00000250. The van der Waals surface area contributed by atoms with Gasteiger partial charge in [0.05, 0.1) is 46.5 Å². The number of primary amides is 1. The first-order valence-electron chi connectivity index (χ1n) is 20.9. The number of benzene rings is 2. The maximum Gasteiger partial charge on any atom is 0.246 e. The molecule has 2 atom stereocenters. The van der Waals surface area contributed by atoms with Gasteiger partial charge in [-0.25, -0.2) is 23.4 Å². The molecule has 342 valence electrons. The average molecular weight is 916 g/mol. The zero-order valence-corrected chi connectivity index (χ0v) is 38.6. The van der Waals surface area contributed by atoms with E-state index < -0.39 is 27.5 Å². The van der Waals surface area contributed by atoms with Gasteiger partial charge in [-0.1, -0.05) is 57.2 Å². The highest BCUT2D eigenvalue weighted by molar-refractivity contribution is 7.92. The molecule has 18 nitrogen and oxygen atoms in total. The molecular weight excluding hydrogens is 859 g/mol. The van der Waals surface area contributed by atoms with Gasteiger partial charge in [-0.3, -0.25) is 29.0 Å². The number of amides is 4. The van der Waals surface area contributed by atoms with E-state index in [1.165, 1.54) is 12.4 Å². The minimum absolute atomic E-state index is 0.0112. The van der Waals surface area contributed by atoms with Gasteiger partial charge >= 0.3 is 0 Å². The molecule has 2 aromatic carbocycles. The molecule has 5 aromatic rings. The van der Waals surface area contributed by atoms with E-state index in [0.29, 0.717) is 68.6 Å². The molecule has 64 heavy (non-hydrogen) atoms. The molecule has 0 bridgehead atoms. The smallest absolute Gasteiger partial charge is 0.246 e. The number of hydrogen-bond acceptors (Lipinski definition) is 13. The number of aromatic nitrogens is 5. The lowest BCUT2D eigenvalue weighted by Crippen LogP contribution is -2.57. The van der Waals surface area contributed by atoms with Gasteiger partial charge in [0.25, 0.3) is 0 Å². The van der Waals surface area contributed by atoms with E-state index in [9.17, 15) is 22.8 Å². The highest BCUT2D eigenvalue weighted by atomic mass is 32.2. The number of unbranched alkanes of at least 4 members (excludes halogenated alkanes) is 1. The van der Waals surface area contributed by atoms with Gasteiger partial charge in [0, 0.05) is 36.3 Å².